The summed E-state index contributed by atoms with van der Waals surface area (Å²) in [6, 6.07) is 12.0. The minimum atomic E-state index is -3.77. The fourth-order valence-corrected chi connectivity index (χ4v) is 4.68. The molecule has 3 rings (SSSR count). The molecule has 0 bridgehead atoms. The Morgan fingerprint density at radius 3 is 2.35 bits per heavy atom. The fraction of sp³-hybridized carbons (Fsp3) is 0.435. The molecule has 7 nitrogen and oxygen atoms in total. The van der Waals surface area contributed by atoms with Crippen molar-refractivity contribution < 1.29 is 18.1 Å². The van der Waals surface area contributed by atoms with Crippen LogP contribution in [0, 0.1) is 6.92 Å². The first-order valence-corrected chi connectivity index (χ1v) is 12.3. The summed E-state index contributed by atoms with van der Waals surface area (Å²) in [7, 11) is 0.277. The number of quaternary nitrogens is 1. The molecule has 1 saturated heterocycles. The number of aryl methyl sites for hydroxylation is 1. The van der Waals surface area contributed by atoms with E-state index in [1.165, 1.54) is 11.3 Å². The van der Waals surface area contributed by atoms with E-state index in [1.54, 1.807) is 36.4 Å². The van der Waals surface area contributed by atoms with Gasteiger partial charge in [-0.05, 0) is 56.5 Å². The highest BCUT2D eigenvalue weighted by molar-refractivity contribution is 7.92. The number of nitrogens with one attached hydrogen (secondary N) is 3. The van der Waals surface area contributed by atoms with Crippen LogP contribution in [0.4, 0.5) is 11.4 Å². The highest BCUT2D eigenvalue weighted by Crippen LogP contribution is 2.31. The van der Waals surface area contributed by atoms with E-state index in [1.807, 2.05) is 27.1 Å². The van der Waals surface area contributed by atoms with Gasteiger partial charge in [0.05, 0.1) is 43.5 Å². The van der Waals surface area contributed by atoms with E-state index in [0.717, 1.165) is 43.7 Å². The highest BCUT2D eigenvalue weighted by Gasteiger charge is 2.21. The van der Waals surface area contributed by atoms with Gasteiger partial charge in [-0.1, -0.05) is 17.7 Å². The monoisotopic (exact) mass is 445 g/mol. The molecule has 8 heteroatoms. The van der Waals surface area contributed by atoms with Gasteiger partial charge >= 0.3 is 0 Å². The van der Waals surface area contributed by atoms with Crippen LogP contribution in [0.2, 0.25) is 0 Å². The Morgan fingerprint density at radius 2 is 1.71 bits per heavy atom. The van der Waals surface area contributed by atoms with Gasteiger partial charge in [0.15, 0.2) is 0 Å². The zero-order chi connectivity index (χ0) is 22.4. The Labute approximate surface area is 185 Å². The fourth-order valence-electron chi connectivity index (χ4n) is 3.62. The van der Waals surface area contributed by atoms with Crippen molar-refractivity contribution in [2.75, 3.05) is 49.9 Å². The Kier molecular flexibility index (Phi) is 7.56. The Hall–Kier alpha value is -2.58. The number of rotatable bonds is 8. The first-order valence-electron chi connectivity index (χ1n) is 10.8. The summed E-state index contributed by atoms with van der Waals surface area (Å²) in [5.74, 6) is -0.206. The molecule has 0 radical (unpaired) electrons. The molecule has 0 atom stereocenters. The van der Waals surface area contributed by atoms with Gasteiger partial charge in [0.1, 0.15) is 0 Å². The van der Waals surface area contributed by atoms with Crippen molar-refractivity contribution in [2.45, 2.75) is 31.1 Å². The number of carbonyl (C=O) groups excluding carboxylic acids is 1. The summed E-state index contributed by atoms with van der Waals surface area (Å²) in [6.07, 6.45) is 3.31. The molecule has 1 fully saturated rings. The van der Waals surface area contributed by atoms with Crippen LogP contribution in [0.15, 0.2) is 47.4 Å². The molecule has 31 heavy (non-hydrogen) atoms. The standard InChI is InChI=1S/C23H32N4O3S/c1-18-7-10-20(11-8-18)31(29,30)25-21-17-19(23(28)24-13-16-26(2)3)9-12-22(21)27-14-5-4-6-15-27/h7-12,17,25H,4-6,13-16H2,1-3H3,(H,24,28)/p+1. The van der Waals surface area contributed by atoms with Crippen LogP contribution in [0.25, 0.3) is 0 Å². The first-order chi connectivity index (χ1) is 14.8. The topological polar surface area (TPSA) is 82.9 Å². The van der Waals surface area contributed by atoms with Gasteiger partial charge in [-0.3, -0.25) is 9.52 Å². The number of benzene rings is 2. The van der Waals surface area contributed by atoms with E-state index in [-0.39, 0.29) is 10.8 Å². The SMILES string of the molecule is Cc1ccc(S(=O)(=O)Nc2cc(C(=O)NCC[NH+](C)C)ccc2N2CCCCC2)cc1. The maximum absolute atomic E-state index is 13.0. The Balaban J connectivity index is 1.90. The van der Waals surface area contributed by atoms with Crippen molar-refractivity contribution >= 4 is 27.3 Å². The summed E-state index contributed by atoms with van der Waals surface area (Å²) in [5.41, 5.74) is 2.68. The van der Waals surface area contributed by atoms with Crippen LogP contribution in [-0.2, 0) is 10.0 Å². The number of amides is 1. The molecule has 2 aromatic rings. The van der Waals surface area contributed by atoms with E-state index in [2.05, 4.69) is 14.9 Å². The van der Waals surface area contributed by atoms with Crippen molar-refractivity contribution in [3.05, 3.63) is 53.6 Å². The lowest BCUT2D eigenvalue weighted by Gasteiger charge is -2.31. The molecule has 0 saturated carbocycles. The third-order valence-corrected chi connectivity index (χ3v) is 6.82. The largest absolute Gasteiger partial charge is 0.370 e. The minimum Gasteiger partial charge on any atom is -0.370 e. The van der Waals surface area contributed by atoms with Crippen molar-refractivity contribution in [2.24, 2.45) is 0 Å². The maximum atomic E-state index is 13.0. The molecular formula is C23H33N4O3S+. The van der Waals surface area contributed by atoms with Gasteiger partial charge in [-0.2, -0.15) is 0 Å². The number of nitrogens with zero attached hydrogens (tertiary/aromatic N) is 1. The van der Waals surface area contributed by atoms with Crippen LogP contribution < -0.4 is 19.8 Å². The lowest BCUT2D eigenvalue weighted by Crippen LogP contribution is -3.06. The molecule has 1 aliphatic rings. The smallest absolute Gasteiger partial charge is 0.261 e. The molecule has 0 aromatic heterocycles. The summed E-state index contributed by atoms with van der Waals surface area (Å²) in [4.78, 5) is 16.3. The maximum Gasteiger partial charge on any atom is 0.261 e. The quantitative estimate of drug-likeness (QED) is 0.577. The molecule has 0 unspecified atom stereocenters. The van der Waals surface area contributed by atoms with Gasteiger partial charge in [-0.25, -0.2) is 8.42 Å². The number of hydrogen-bond donors (Lipinski definition) is 3. The van der Waals surface area contributed by atoms with Gasteiger partial charge in [0, 0.05) is 18.7 Å². The summed E-state index contributed by atoms with van der Waals surface area (Å²) in [5, 5.41) is 2.91. The predicted molar refractivity (Wildman–Crippen MR) is 125 cm³/mol. The number of carbonyl (C=O) groups is 1. The van der Waals surface area contributed by atoms with Gasteiger partial charge < -0.3 is 15.1 Å². The molecule has 3 N–H and O–H groups in total. The van der Waals surface area contributed by atoms with Gasteiger partial charge in [0.25, 0.3) is 15.9 Å². The summed E-state index contributed by atoms with van der Waals surface area (Å²) >= 11 is 0. The second-order valence-corrected chi connectivity index (χ2v) is 10.1. The lowest BCUT2D eigenvalue weighted by atomic mass is 10.1. The molecule has 0 spiro atoms. The number of likely N-dealkylation sites (N-methyl/N-ethyl adjacent to an activating group) is 1. The molecule has 1 heterocycles. The zero-order valence-electron chi connectivity index (χ0n) is 18.6. The third kappa shape index (κ3) is 6.21. The average molecular weight is 446 g/mol. The molecule has 2 aromatic carbocycles. The van der Waals surface area contributed by atoms with Crippen LogP contribution in [0.5, 0.6) is 0 Å². The minimum absolute atomic E-state index is 0.200. The molecule has 1 amide bonds. The molecule has 1 aliphatic heterocycles. The molecule has 0 aliphatic carbocycles. The van der Waals surface area contributed by atoms with Crippen LogP contribution in [-0.4, -0.2) is 54.6 Å². The molecular weight excluding hydrogens is 412 g/mol. The van der Waals surface area contributed by atoms with Crippen LogP contribution >= 0.6 is 0 Å². The average Bonchev–Trinajstić information content (AvgIpc) is 2.74. The number of sulfonamides is 1. The summed E-state index contributed by atoms with van der Waals surface area (Å²) < 4.78 is 28.8. The van der Waals surface area contributed by atoms with Crippen molar-refractivity contribution in [3.8, 4) is 0 Å². The molecule has 168 valence electrons. The number of anilines is 2. The van der Waals surface area contributed by atoms with Crippen molar-refractivity contribution in [1.29, 1.82) is 0 Å². The van der Waals surface area contributed by atoms with E-state index < -0.39 is 10.0 Å². The van der Waals surface area contributed by atoms with E-state index in [4.69, 9.17) is 0 Å². The lowest BCUT2D eigenvalue weighted by molar-refractivity contribution is -0.856. The van der Waals surface area contributed by atoms with Crippen LogP contribution in [0.1, 0.15) is 35.2 Å². The Bertz CT molecular complexity index is 998. The summed E-state index contributed by atoms with van der Waals surface area (Å²) in [6.45, 7) is 5.02. The Morgan fingerprint density at radius 1 is 1.03 bits per heavy atom. The third-order valence-electron chi connectivity index (χ3n) is 5.44. The number of piperidine rings is 1. The van der Waals surface area contributed by atoms with Gasteiger partial charge in [0.2, 0.25) is 0 Å². The highest BCUT2D eigenvalue weighted by atomic mass is 32.2. The zero-order valence-corrected chi connectivity index (χ0v) is 19.4. The van der Waals surface area contributed by atoms with Crippen LogP contribution in [0.3, 0.4) is 0 Å². The second-order valence-electron chi connectivity index (χ2n) is 8.41. The number of hydrogen-bond acceptors (Lipinski definition) is 4. The normalized spacial score (nSPS) is 14.5. The van der Waals surface area contributed by atoms with Crippen molar-refractivity contribution in [3.63, 3.8) is 0 Å². The predicted octanol–water partition coefficient (Wildman–Crippen LogP) is 1.66. The first kappa shape index (κ1) is 23.1. The second kappa shape index (κ2) is 10.2. The van der Waals surface area contributed by atoms with E-state index in [9.17, 15) is 13.2 Å². The van der Waals surface area contributed by atoms with E-state index in [0.29, 0.717) is 17.8 Å². The van der Waals surface area contributed by atoms with Gasteiger partial charge in [-0.15, -0.1) is 0 Å². The van der Waals surface area contributed by atoms with E-state index >= 15 is 0 Å². The van der Waals surface area contributed by atoms with Crippen molar-refractivity contribution in [1.82, 2.24) is 5.32 Å².